The molecule has 5 aromatic carbocycles. The number of hydrogen-bond donors (Lipinski definition) is 0. The smallest absolute Gasteiger partial charge is 0.204 e. The van der Waals surface area contributed by atoms with Crippen LogP contribution in [0.1, 0.15) is 0 Å². The maximum atomic E-state index is 16.1. The molecule has 0 nitrogen and oxygen atoms in total. The lowest BCUT2D eigenvalue weighted by atomic mass is 9.36. The largest absolute Gasteiger partial charge is 0.258 e. The van der Waals surface area contributed by atoms with Crippen LogP contribution in [-0.2, 0) is 0 Å². The molecule has 0 aromatic heterocycles. The van der Waals surface area contributed by atoms with Crippen LogP contribution in [0.3, 0.4) is 0 Å². The van der Waals surface area contributed by atoms with Crippen LogP contribution in [0.2, 0.25) is 0 Å². The molecule has 0 spiro atoms. The number of hydrogen-bond acceptors (Lipinski definition) is 0. The molecule has 0 fully saturated rings. The Bertz CT molecular complexity index is 2210. The first-order valence-corrected chi connectivity index (χ1v) is 13.5. The van der Waals surface area contributed by atoms with Crippen molar-refractivity contribution in [3.05, 3.63) is 116 Å². The van der Waals surface area contributed by atoms with Gasteiger partial charge in [-0.2, -0.15) is 0 Å². The summed E-state index contributed by atoms with van der Waals surface area (Å²) in [6, 6.07) is 0. The highest BCUT2D eigenvalue weighted by molar-refractivity contribution is 7.00. The molecule has 0 aliphatic carbocycles. The normalized spacial score (nSPS) is 12.9. The maximum Gasteiger partial charge on any atom is 0.258 e. The van der Waals surface area contributed by atoms with E-state index < -0.39 is 185 Å². The maximum absolute atomic E-state index is 16.1. The first-order valence-electron chi connectivity index (χ1n) is 13.5. The average molecular weight is 762 g/mol. The van der Waals surface area contributed by atoms with Crippen molar-refractivity contribution in [2.24, 2.45) is 0 Å². The van der Waals surface area contributed by atoms with Crippen molar-refractivity contribution in [1.29, 1.82) is 0 Å². The van der Waals surface area contributed by atoms with Gasteiger partial charge in [0.2, 0.25) is 0 Å². The summed E-state index contributed by atoms with van der Waals surface area (Å²) in [6.07, 6.45) is 0. The zero-order valence-corrected chi connectivity index (χ0v) is 23.7. The van der Waals surface area contributed by atoms with Crippen LogP contribution >= 0.6 is 0 Å². The van der Waals surface area contributed by atoms with Crippen molar-refractivity contribution in [2.75, 3.05) is 0 Å². The molecule has 7 rings (SSSR count). The van der Waals surface area contributed by atoms with E-state index in [1.165, 1.54) is 0 Å². The highest BCUT2D eigenvalue weighted by Gasteiger charge is 2.53. The number of halogens is 20. The van der Waals surface area contributed by atoms with Crippen molar-refractivity contribution in [3.63, 3.8) is 0 Å². The molecule has 0 radical (unpaired) electrons. The van der Waals surface area contributed by atoms with Gasteiger partial charge in [0, 0.05) is 33.2 Å². The van der Waals surface area contributed by atoms with E-state index >= 15 is 35.1 Å². The predicted octanol–water partition coefficient (Wildman–Crippen LogP) is 5.46. The highest BCUT2D eigenvalue weighted by atomic mass is 19.2. The van der Waals surface area contributed by atoms with Gasteiger partial charge < -0.3 is 0 Å². The van der Waals surface area contributed by atoms with Gasteiger partial charge in [0.1, 0.15) is 0 Å². The van der Waals surface area contributed by atoms with Crippen molar-refractivity contribution in [1.82, 2.24) is 0 Å². The van der Waals surface area contributed by atoms with E-state index in [1.54, 1.807) is 0 Å². The topological polar surface area (TPSA) is 0 Å². The van der Waals surface area contributed by atoms with Gasteiger partial charge in [-0.1, -0.05) is 0 Å². The molecule has 0 atom stereocenters. The molecule has 0 unspecified atom stereocenters. The molecular formula is C30B2F20. The third kappa shape index (κ3) is 3.99. The number of fused-ring (bicyclic) bond motifs is 6. The zero-order chi connectivity index (χ0) is 38.5. The molecule has 2 heterocycles. The summed E-state index contributed by atoms with van der Waals surface area (Å²) in [6.45, 7) is -7.08. The second-order valence-corrected chi connectivity index (χ2v) is 11.1. The van der Waals surface area contributed by atoms with Crippen LogP contribution < -0.4 is 32.8 Å². The van der Waals surface area contributed by atoms with Crippen LogP contribution in [-0.4, -0.2) is 13.4 Å². The van der Waals surface area contributed by atoms with Gasteiger partial charge >= 0.3 is 0 Å². The molecule has 22 heteroatoms. The van der Waals surface area contributed by atoms with Gasteiger partial charge in [-0.25, -0.2) is 87.8 Å². The molecule has 0 N–H and O–H groups in total. The number of rotatable bonds is 2. The van der Waals surface area contributed by atoms with Crippen LogP contribution in [0.15, 0.2) is 0 Å². The van der Waals surface area contributed by atoms with Gasteiger partial charge in [0.15, 0.2) is 116 Å². The summed E-state index contributed by atoms with van der Waals surface area (Å²) in [4.78, 5) is 0. The Morgan fingerprint density at radius 2 is 0.288 bits per heavy atom. The Labute approximate surface area is 273 Å². The fraction of sp³-hybridized carbons (Fsp3) is 0. The minimum atomic E-state index is -3.54. The minimum absolute atomic E-state index is 2.08. The summed E-state index contributed by atoms with van der Waals surface area (Å²) in [7, 11) is 0. The van der Waals surface area contributed by atoms with E-state index in [0.29, 0.717) is 0 Å². The standard InChI is InChI=1S/C30B2F20/c33-11-1-2-6(16(38)28(50)24(46)12(2)34)31(5(1)15(37)27(49)23(11)45)9-19(41)21(43)10(22(44)20(9)42)32-7-3(13(35)25(47)29(51)17(7)39)4-8(32)18(40)30(52)26(48)14(4)36. The Morgan fingerprint density at radius 3 is 0.462 bits per heavy atom. The van der Waals surface area contributed by atoms with Gasteiger partial charge in [0.05, 0.1) is 0 Å². The Hall–Kier alpha value is -5.17. The van der Waals surface area contributed by atoms with E-state index in [1.807, 2.05) is 0 Å². The molecule has 0 saturated carbocycles. The van der Waals surface area contributed by atoms with Crippen LogP contribution in [0.25, 0.3) is 22.3 Å². The summed E-state index contributed by atoms with van der Waals surface area (Å²) >= 11 is 0. The molecule has 0 bridgehead atoms. The van der Waals surface area contributed by atoms with Gasteiger partial charge in [-0.3, -0.25) is 0 Å². The first-order chi connectivity index (χ1) is 24.2. The SMILES string of the molecule is Fc1c(F)c(F)c2c(c1F)B(c1c(F)c(F)c(B3c4c(F)c(F)c(F)c(F)c4-c4c(F)c(F)c(F)c(F)c43)c(F)c1F)c1c(F)c(F)c(F)c(F)c1-2. The molecule has 2 aliphatic rings. The fourth-order valence-electron chi connectivity index (χ4n) is 6.70. The minimum Gasteiger partial charge on any atom is -0.204 e. The summed E-state index contributed by atoms with van der Waals surface area (Å²) in [5, 5.41) is 0. The lowest BCUT2D eigenvalue weighted by molar-refractivity contribution is 0.409. The second-order valence-electron chi connectivity index (χ2n) is 11.1. The van der Waals surface area contributed by atoms with Crippen molar-refractivity contribution < 1.29 is 87.8 Å². The van der Waals surface area contributed by atoms with Crippen molar-refractivity contribution in [3.8, 4) is 22.3 Å². The van der Waals surface area contributed by atoms with Gasteiger partial charge in [-0.15, -0.1) is 0 Å². The Kier molecular flexibility index (Phi) is 7.57. The number of benzene rings is 5. The van der Waals surface area contributed by atoms with E-state index in [-0.39, 0.29) is 0 Å². The summed E-state index contributed by atoms with van der Waals surface area (Å²) in [5.41, 5.74) is -22.0. The van der Waals surface area contributed by atoms with E-state index in [4.69, 9.17) is 0 Å². The lowest BCUT2D eigenvalue weighted by Crippen LogP contribution is -2.59. The average Bonchev–Trinajstić information content (AvgIpc) is 3.65. The first kappa shape index (κ1) is 35.2. The molecule has 0 saturated heterocycles. The molecular weight excluding hydrogens is 762 g/mol. The van der Waals surface area contributed by atoms with E-state index in [9.17, 15) is 52.7 Å². The monoisotopic (exact) mass is 762 g/mol. The third-order valence-corrected chi connectivity index (χ3v) is 8.78. The summed E-state index contributed by atoms with van der Waals surface area (Å²) < 4.78 is 299. The molecule has 266 valence electrons. The molecule has 52 heavy (non-hydrogen) atoms. The van der Waals surface area contributed by atoms with Crippen LogP contribution in [0, 0.1) is 116 Å². The van der Waals surface area contributed by atoms with E-state index in [2.05, 4.69) is 0 Å². The zero-order valence-electron chi connectivity index (χ0n) is 23.7. The fourth-order valence-corrected chi connectivity index (χ4v) is 6.70. The quantitative estimate of drug-likeness (QED) is 0.0952. The summed E-state index contributed by atoms with van der Waals surface area (Å²) in [5.74, 6) is -57.6. The lowest BCUT2D eigenvalue weighted by Gasteiger charge is -2.20. The Morgan fingerprint density at radius 1 is 0.154 bits per heavy atom. The second kappa shape index (κ2) is 11.2. The third-order valence-electron chi connectivity index (χ3n) is 8.78. The predicted molar refractivity (Wildman–Crippen MR) is 139 cm³/mol. The van der Waals surface area contributed by atoms with Crippen LogP contribution in [0.5, 0.6) is 0 Å². The molecule has 0 amide bonds. The van der Waals surface area contributed by atoms with Crippen molar-refractivity contribution >= 4 is 46.2 Å². The van der Waals surface area contributed by atoms with Crippen LogP contribution in [0.4, 0.5) is 87.8 Å². The van der Waals surface area contributed by atoms with Crippen molar-refractivity contribution in [2.45, 2.75) is 0 Å². The van der Waals surface area contributed by atoms with Gasteiger partial charge in [-0.05, 0) is 21.9 Å². The van der Waals surface area contributed by atoms with E-state index in [0.717, 1.165) is 0 Å². The highest BCUT2D eigenvalue weighted by Crippen LogP contribution is 2.38. The Balaban J connectivity index is 1.63. The van der Waals surface area contributed by atoms with Gasteiger partial charge in [0.25, 0.3) is 13.4 Å². The molecule has 5 aromatic rings. The molecule has 2 aliphatic heterocycles.